The fraction of sp³-hybridized carbons (Fsp3) is 0.900. The van der Waals surface area contributed by atoms with Crippen LogP contribution in [0.5, 0.6) is 0 Å². The molecule has 13 heavy (non-hydrogen) atoms. The van der Waals surface area contributed by atoms with Gasteiger partial charge in [0.25, 0.3) is 0 Å². The van der Waals surface area contributed by atoms with E-state index >= 15 is 0 Å². The Balaban J connectivity index is 3.29. The number of carbonyl (C=O) groups excluding carboxylic acids is 1. The highest BCUT2D eigenvalue weighted by molar-refractivity contribution is 7.81. The molecule has 0 fully saturated rings. The molecule has 0 rings (SSSR count). The van der Waals surface area contributed by atoms with Crippen molar-refractivity contribution >= 4 is 18.5 Å². The van der Waals surface area contributed by atoms with Crippen molar-refractivity contribution in [2.45, 2.75) is 52.0 Å². The molecule has 0 aromatic heterocycles. The van der Waals surface area contributed by atoms with Crippen molar-refractivity contribution in [1.82, 2.24) is 5.32 Å². The lowest BCUT2D eigenvalue weighted by molar-refractivity contribution is -0.119. The number of rotatable bonds is 7. The normalized spacial score (nSPS) is 12.5. The van der Waals surface area contributed by atoms with Crippen LogP contribution in [0.15, 0.2) is 0 Å². The molecule has 0 saturated carbocycles. The Hall–Kier alpha value is -0.180. The summed E-state index contributed by atoms with van der Waals surface area (Å²) in [5.41, 5.74) is 0. The second-order valence-electron chi connectivity index (χ2n) is 3.48. The maximum absolute atomic E-state index is 10.9. The Labute approximate surface area is 86.9 Å². The molecule has 0 aliphatic rings. The van der Waals surface area contributed by atoms with Crippen molar-refractivity contribution in [3.05, 3.63) is 0 Å². The molecule has 0 saturated heterocycles. The van der Waals surface area contributed by atoms with E-state index in [1.165, 1.54) is 25.7 Å². The third-order valence-corrected chi connectivity index (χ3v) is 2.33. The zero-order valence-corrected chi connectivity index (χ0v) is 9.57. The molecule has 2 nitrogen and oxygen atoms in total. The van der Waals surface area contributed by atoms with E-state index in [1.807, 2.05) is 6.92 Å². The maximum Gasteiger partial charge on any atom is 0.229 e. The molecule has 1 atom stereocenters. The van der Waals surface area contributed by atoms with Crippen LogP contribution in [0.2, 0.25) is 0 Å². The van der Waals surface area contributed by atoms with Crippen molar-refractivity contribution in [2.75, 3.05) is 5.75 Å². The maximum atomic E-state index is 10.9. The fourth-order valence-electron chi connectivity index (χ4n) is 1.27. The number of carbonyl (C=O) groups is 1. The molecule has 0 spiro atoms. The molecular formula is C10H21NOS. The van der Waals surface area contributed by atoms with E-state index < -0.39 is 0 Å². The van der Waals surface area contributed by atoms with Crippen molar-refractivity contribution in [3.8, 4) is 0 Å². The number of amides is 1. The quantitative estimate of drug-likeness (QED) is 0.483. The number of nitrogens with one attached hydrogen (secondary N) is 1. The van der Waals surface area contributed by atoms with E-state index in [9.17, 15) is 4.79 Å². The topological polar surface area (TPSA) is 29.1 Å². The molecule has 0 bridgehead atoms. The molecule has 0 aliphatic carbocycles. The Morgan fingerprint density at radius 3 is 2.62 bits per heavy atom. The second-order valence-corrected chi connectivity index (χ2v) is 3.79. The number of unbranched alkanes of at least 4 members (excludes halogenated alkanes) is 3. The van der Waals surface area contributed by atoms with Crippen LogP contribution in [0.25, 0.3) is 0 Å². The molecular weight excluding hydrogens is 182 g/mol. The minimum atomic E-state index is 0.0336. The highest BCUT2D eigenvalue weighted by atomic mass is 32.1. The first-order valence-corrected chi connectivity index (χ1v) is 5.74. The van der Waals surface area contributed by atoms with Crippen LogP contribution >= 0.6 is 12.6 Å². The molecule has 0 radical (unpaired) electrons. The highest BCUT2D eigenvalue weighted by Gasteiger charge is 2.04. The van der Waals surface area contributed by atoms with Gasteiger partial charge in [0.2, 0.25) is 5.91 Å². The van der Waals surface area contributed by atoms with Crippen LogP contribution in [-0.2, 0) is 4.79 Å². The average Bonchev–Trinajstić information content (AvgIpc) is 2.12. The predicted octanol–water partition coefficient (Wildman–Crippen LogP) is 2.39. The molecule has 3 heteroatoms. The molecule has 0 aromatic carbocycles. The number of hydrogen-bond acceptors (Lipinski definition) is 2. The van der Waals surface area contributed by atoms with Crippen LogP contribution < -0.4 is 5.32 Å². The molecule has 0 heterocycles. The first kappa shape index (κ1) is 12.8. The van der Waals surface area contributed by atoms with Gasteiger partial charge in [-0.3, -0.25) is 4.79 Å². The zero-order chi connectivity index (χ0) is 10.1. The van der Waals surface area contributed by atoms with Crippen LogP contribution in [0.4, 0.5) is 0 Å². The van der Waals surface area contributed by atoms with Gasteiger partial charge in [-0.25, -0.2) is 0 Å². The number of hydrogen-bond donors (Lipinski definition) is 2. The molecule has 1 amide bonds. The monoisotopic (exact) mass is 203 g/mol. The van der Waals surface area contributed by atoms with Gasteiger partial charge in [0, 0.05) is 6.04 Å². The lowest BCUT2D eigenvalue weighted by Gasteiger charge is -2.12. The Kier molecular flexibility index (Phi) is 8.30. The summed E-state index contributed by atoms with van der Waals surface area (Å²) in [6.45, 7) is 4.25. The fourth-order valence-corrected chi connectivity index (χ4v) is 1.36. The van der Waals surface area contributed by atoms with Gasteiger partial charge >= 0.3 is 0 Å². The van der Waals surface area contributed by atoms with Gasteiger partial charge in [0.05, 0.1) is 5.75 Å². The third-order valence-electron chi connectivity index (χ3n) is 2.04. The second kappa shape index (κ2) is 8.42. The van der Waals surface area contributed by atoms with E-state index in [4.69, 9.17) is 0 Å². The van der Waals surface area contributed by atoms with Crippen molar-refractivity contribution in [2.24, 2.45) is 0 Å². The standard InChI is InChI=1S/C10H21NOS/c1-3-4-5-6-7-9(2)11-10(12)8-13/h9,13H,3-8H2,1-2H3,(H,11,12). The van der Waals surface area contributed by atoms with Gasteiger partial charge in [-0.05, 0) is 13.3 Å². The summed E-state index contributed by atoms with van der Waals surface area (Å²) >= 11 is 3.90. The highest BCUT2D eigenvalue weighted by Crippen LogP contribution is 2.04. The minimum Gasteiger partial charge on any atom is -0.353 e. The lowest BCUT2D eigenvalue weighted by atomic mass is 10.1. The van der Waals surface area contributed by atoms with Gasteiger partial charge in [-0.15, -0.1) is 0 Å². The lowest BCUT2D eigenvalue weighted by Crippen LogP contribution is -2.33. The Morgan fingerprint density at radius 2 is 2.08 bits per heavy atom. The van der Waals surface area contributed by atoms with Gasteiger partial charge in [0.1, 0.15) is 0 Å². The van der Waals surface area contributed by atoms with E-state index in [-0.39, 0.29) is 5.91 Å². The van der Waals surface area contributed by atoms with Crippen molar-refractivity contribution in [1.29, 1.82) is 0 Å². The van der Waals surface area contributed by atoms with E-state index in [0.717, 1.165) is 6.42 Å². The summed E-state index contributed by atoms with van der Waals surface area (Å²) in [7, 11) is 0. The Morgan fingerprint density at radius 1 is 1.38 bits per heavy atom. The van der Waals surface area contributed by atoms with E-state index in [1.54, 1.807) is 0 Å². The summed E-state index contributed by atoms with van der Waals surface area (Å²) in [5, 5.41) is 2.89. The smallest absolute Gasteiger partial charge is 0.229 e. The van der Waals surface area contributed by atoms with Crippen molar-refractivity contribution in [3.63, 3.8) is 0 Å². The summed E-state index contributed by atoms with van der Waals surface area (Å²) < 4.78 is 0. The molecule has 1 unspecified atom stereocenters. The van der Waals surface area contributed by atoms with Crippen LogP contribution in [0.3, 0.4) is 0 Å². The van der Waals surface area contributed by atoms with Gasteiger partial charge < -0.3 is 5.32 Å². The molecule has 1 N–H and O–H groups in total. The largest absolute Gasteiger partial charge is 0.353 e. The van der Waals surface area contributed by atoms with Gasteiger partial charge in [-0.1, -0.05) is 32.6 Å². The zero-order valence-electron chi connectivity index (χ0n) is 8.68. The average molecular weight is 203 g/mol. The first-order valence-electron chi connectivity index (χ1n) is 5.11. The van der Waals surface area contributed by atoms with Gasteiger partial charge in [0.15, 0.2) is 0 Å². The summed E-state index contributed by atoms with van der Waals surface area (Å²) in [4.78, 5) is 10.9. The SMILES string of the molecule is CCCCCCC(C)NC(=O)CS. The van der Waals surface area contributed by atoms with Crippen LogP contribution in [0.1, 0.15) is 46.0 Å². The van der Waals surface area contributed by atoms with Crippen molar-refractivity contribution < 1.29 is 4.79 Å². The summed E-state index contributed by atoms with van der Waals surface area (Å²) in [6.07, 6.45) is 6.13. The van der Waals surface area contributed by atoms with E-state index in [2.05, 4.69) is 24.9 Å². The van der Waals surface area contributed by atoms with Crippen LogP contribution in [-0.4, -0.2) is 17.7 Å². The molecule has 0 aromatic rings. The van der Waals surface area contributed by atoms with Gasteiger partial charge in [-0.2, -0.15) is 12.6 Å². The number of thiol groups is 1. The Bertz CT molecular complexity index is 139. The summed E-state index contributed by atoms with van der Waals surface area (Å²) in [5.74, 6) is 0.325. The van der Waals surface area contributed by atoms with E-state index in [0.29, 0.717) is 11.8 Å². The summed E-state index contributed by atoms with van der Waals surface area (Å²) in [6, 6.07) is 0.302. The van der Waals surface area contributed by atoms with Crippen LogP contribution in [0, 0.1) is 0 Å². The minimum absolute atomic E-state index is 0.0336. The molecule has 78 valence electrons. The predicted molar refractivity (Wildman–Crippen MR) is 60.2 cm³/mol. The first-order chi connectivity index (χ1) is 6.20. The third kappa shape index (κ3) is 8.16. The molecule has 0 aliphatic heterocycles.